The van der Waals surface area contributed by atoms with Crippen LogP contribution in [0.4, 0.5) is 0 Å². The summed E-state index contributed by atoms with van der Waals surface area (Å²) in [4.78, 5) is 4.25. The van der Waals surface area contributed by atoms with Crippen LogP contribution in [0.5, 0.6) is 0 Å². The van der Waals surface area contributed by atoms with Crippen LogP contribution >= 0.6 is 39.1 Å². The highest BCUT2D eigenvalue weighted by Gasteiger charge is 2.08. The number of fused-ring (bicyclic) bond motifs is 1. The number of hydrogen-bond acceptors (Lipinski definition) is 1. The standard InChI is InChI=1S/C10H6BrCl2N/c1-5-9(12)7-3-2-6(11)4-8(7)14-10(5)13/h2-4H,1H3. The van der Waals surface area contributed by atoms with Gasteiger partial charge in [-0.2, -0.15) is 0 Å². The van der Waals surface area contributed by atoms with Gasteiger partial charge in [-0.25, -0.2) is 4.98 Å². The number of aromatic nitrogens is 1. The predicted molar refractivity (Wildman–Crippen MR) is 64.2 cm³/mol. The van der Waals surface area contributed by atoms with Crippen LogP contribution < -0.4 is 0 Å². The molecule has 0 aliphatic rings. The van der Waals surface area contributed by atoms with Crippen LogP contribution in [0.15, 0.2) is 22.7 Å². The Balaban J connectivity index is 2.91. The predicted octanol–water partition coefficient (Wildman–Crippen LogP) is 4.61. The minimum atomic E-state index is 0.459. The summed E-state index contributed by atoms with van der Waals surface area (Å²) in [5, 5.41) is 2.06. The first kappa shape index (κ1) is 10.2. The van der Waals surface area contributed by atoms with Crippen molar-refractivity contribution in [3.8, 4) is 0 Å². The fourth-order valence-electron chi connectivity index (χ4n) is 1.27. The molecule has 4 heteroatoms. The van der Waals surface area contributed by atoms with Gasteiger partial charge in [0.15, 0.2) is 0 Å². The van der Waals surface area contributed by atoms with Crippen LogP contribution in [0.25, 0.3) is 10.9 Å². The van der Waals surface area contributed by atoms with E-state index in [4.69, 9.17) is 23.2 Å². The quantitative estimate of drug-likeness (QED) is 0.646. The third-order valence-electron chi connectivity index (χ3n) is 2.05. The van der Waals surface area contributed by atoms with E-state index < -0.39 is 0 Å². The molecule has 0 saturated heterocycles. The molecule has 1 aromatic heterocycles. The van der Waals surface area contributed by atoms with Gasteiger partial charge in [0.1, 0.15) is 5.15 Å². The molecular weight excluding hydrogens is 285 g/mol. The molecule has 0 fully saturated rings. The zero-order chi connectivity index (χ0) is 10.3. The summed E-state index contributed by atoms with van der Waals surface area (Å²) < 4.78 is 0.966. The van der Waals surface area contributed by atoms with Crippen molar-refractivity contribution in [1.29, 1.82) is 0 Å². The summed E-state index contributed by atoms with van der Waals surface area (Å²) in [6, 6.07) is 5.76. The van der Waals surface area contributed by atoms with E-state index in [2.05, 4.69) is 20.9 Å². The Morgan fingerprint density at radius 3 is 2.71 bits per heavy atom. The van der Waals surface area contributed by atoms with Gasteiger partial charge in [-0.05, 0) is 19.1 Å². The molecule has 2 aromatic rings. The van der Waals surface area contributed by atoms with E-state index in [1.54, 1.807) is 0 Å². The van der Waals surface area contributed by atoms with E-state index in [0.717, 1.165) is 20.9 Å². The Hall–Kier alpha value is -0.310. The van der Waals surface area contributed by atoms with E-state index in [1.165, 1.54) is 0 Å². The fraction of sp³-hybridized carbons (Fsp3) is 0.100. The summed E-state index contributed by atoms with van der Waals surface area (Å²) in [6.07, 6.45) is 0. The summed E-state index contributed by atoms with van der Waals surface area (Å²) >= 11 is 15.5. The molecule has 0 radical (unpaired) electrons. The molecule has 72 valence electrons. The van der Waals surface area contributed by atoms with E-state index in [9.17, 15) is 0 Å². The van der Waals surface area contributed by atoms with Crippen LogP contribution in [0, 0.1) is 6.92 Å². The third kappa shape index (κ3) is 1.62. The summed E-state index contributed by atoms with van der Waals surface area (Å²) in [5.74, 6) is 0. The van der Waals surface area contributed by atoms with E-state index in [0.29, 0.717) is 10.2 Å². The number of nitrogens with zero attached hydrogens (tertiary/aromatic N) is 1. The lowest BCUT2D eigenvalue weighted by atomic mass is 10.2. The molecule has 0 aliphatic heterocycles. The Labute approximate surface area is 100 Å². The van der Waals surface area contributed by atoms with E-state index in [-0.39, 0.29) is 0 Å². The number of rotatable bonds is 0. The summed E-state index contributed by atoms with van der Waals surface area (Å²) in [6.45, 7) is 1.86. The molecule has 0 spiro atoms. The van der Waals surface area contributed by atoms with Crippen molar-refractivity contribution in [1.82, 2.24) is 4.98 Å². The lowest BCUT2D eigenvalue weighted by Gasteiger charge is -2.05. The lowest BCUT2D eigenvalue weighted by Crippen LogP contribution is -1.86. The second-order valence-corrected chi connectivity index (χ2v) is 4.65. The van der Waals surface area contributed by atoms with Crippen molar-refractivity contribution < 1.29 is 0 Å². The van der Waals surface area contributed by atoms with Gasteiger partial charge in [0.2, 0.25) is 0 Å². The largest absolute Gasteiger partial charge is 0.236 e. The van der Waals surface area contributed by atoms with Crippen LogP contribution in [-0.2, 0) is 0 Å². The maximum atomic E-state index is 6.14. The number of hydrogen-bond donors (Lipinski definition) is 0. The molecule has 0 unspecified atom stereocenters. The number of pyridine rings is 1. The smallest absolute Gasteiger partial charge is 0.134 e. The fourth-order valence-corrected chi connectivity index (χ4v) is 2.10. The van der Waals surface area contributed by atoms with Crippen molar-refractivity contribution >= 4 is 50.0 Å². The maximum Gasteiger partial charge on any atom is 0.134 e. The minimum absolute atomic E-state index is 0.459. The molecule has 1 heterocycles. The lowest BCUT2D eigenvalue weighted by molar-refractivity contribution is 1.33. The van der Waals surface area contributed by atoms with Crippen LogP contribution in [-0.4, -0.2) is 4.98 Å². The second kappa shape index (κ2) is 3.69. The molecule has 0 aliphatic carbocycles. The zero-order valence-corrected chi connectivity index (χ0v) is 10.4. The van der Waals surface area contributed by atoms with Gasteiger partial charge in [0.25, 0.3) is 0 Å². The van der Waals surface area contributed by atoms with Crippen molar-refractivity contribution in [2.24, 2.45) is 0 Å². The third-order valence-corrected chi connectivity index (χ3v) is 3.40. The Kier molecular flexibility index (Phi) is 2.69. The van der Waals surface area contributed by atoms with Gasteiger partial charge in [-0.3, -0.25) is 0 Å². The molecule has 14 heavy (non-hydrogen) atoms. The Bertz CT molecular complexity index is 511. The second-order valence-electron chi connectivity index (χ2n) is 3.00. The molecule has 1 aromatic carbocycles. The molecule has 0 bridgehead atoms. The van der Waals surface area contributed by atoms with Gasteiger partial charge in [0, 0.05) is 15.4 Å². The monoisotopic (exact) mass is 289 g/mol. The highest BCUT2D eigenvalue weighted by atomic mass is 79.9. The Morgan fingerprint density at radius 2 is 2.00 bits per heavy atom. The van der Waals surface area contributed by atoms with Gasteiger partial charge in [-0.15, -0.1) is 0 Å². The van der Waals surface area contributed by atoms with Crippen LogP contribution in [0.3, 0.4) is 0 Å². The average molecular weight is 291 g/mol. The molecular formula is C10H6BrCl2N. The molecule has 0 N–H and O–H groups in total. The molecule has 0 atom stereocenters. The molecule has 1 nitrogen and oxygen atoms in total. The molecule has 0 amide bonds. The van der Waals surface area contributed by atoms with Crippen LogP contribution in [0.1, 0.15) is 5.56 Å². The first-order valence-electron chi connectivity index (χ1n) is 4.00. The van der Waals surface area contributed by atoms with Gasteiger partial charge in [0.05, 0.1) is 10.5 Å². The molecule has 0 saturated carbocycles. The van der Waals surface area contributed by atoms with Crippen molar-refractivity contribution in [2.75, 3.05) is 0 Å². The summed E-state index contributed by atoms with van der Waals surface area (Å²) in [5.41, 5.74) is 1.63. The van der Waals surface area contributed by atoms with Gasteiger partial charge in [-0.1, -0.05) is 45.2 Å². The maximum absolute atomic E-state index is 6.14. The van der Waals surface area contributed by atoms with Crippen molar-refractivity contribution in [2.45, 2.75) is 6.92 Å². The van der Waals surface area contributed by atoms with Gasteiger partial charge >= 0.3 is 0 Å². The highest BCUT2D eigenvalue weighted by molar-refractivity contribution is 9.10. The normalized spacial score (nSPS) is 10.9. The first-order valence-corrected chi connectivity index (χ1v) is 5.55. The Morgan fingerprint density at radius 1 is 1.29 bits per heavy atom. The topological polar surface area (TPSA) is 12.9 Å². The van der Waals surface area contributed by atoms with Crippen molar-refractivity contribution in [3.05, 3.63) is 38.4 Å². The number of halogens is 3. The van der Waals surface area contributed by atoms with Crippen molar-refractivity contribution in [3.63, 3.8) is 0 Å². The van der Waals surface area contributed by atoms with E-state index >= 15 is 0 Å². The average Bonchev–Trinajstić information content (AvgIpc) is 2.14. The SMILES string of the molecule is Cc1c(Cl)nc2cc(Br)ccc2c1Cl. The van der Waals surface area contributed by atoms with E-state index in [1.807, 2.05) is 25.1 Å². The zero-order valence-electron chi connectivity index (χ0n) is 7.31. The van der Waals surface area contributed by atoms with Gasteiger partial charge < -0.3 is 0 Å². The van der Waals surface area contributed by atoms with Crippen LogP contribution in [0.2, 0.25) is 10.2 Å². The highest BCUT2D eigenvalue weighted by Crippen LogP contribution is 2.31. The number of benzene rings is 1. The summed E-state index contributed by atoms with van der Waals surface area (Å²) in [7, 11) is 0. The minimum Gasteiger partial charge on any atom is -0.236 e. The molecule has 2 rings (SSSR count). The first-order chi connectivity index (χ1) is 6.59.